The topological polar surface area (TPSA) is 54.9 Å². The molecular formula is C14H27N3O2. The van der Waals surface area contributed by atoms with E-state index in [1.165, 1.54) is 5.57 Å². The largest absolute Gasteiger partial charge is 0.380 e. The van der Waals surface area contributed by atoms with Crippen LogP contribution >= 0.6 is 0 Å². The molecular weight excluding hydrogens is 242 g/mol. The van der Waals surface area contributed by atoms with Gasteiger partial charge in [0.1, 0.15) is 0 Å². The Morgan fingerprint density at radius 3 is 3.00 bits per heavy atom. The molecule has 0 fully saturated rings. The molecule has 0 radical (unpaired) electrons. The normalized spacial score (nSPS) is 16.1. The van der Waals surface area contributed by atoms with E-state index in [2.05, 4.69) is 28.6 Å². The van der Waals surface area contributed by atoms with Gasteiger partial charge in [-0.05, 0) is 26.7 Å². The van der Waals surface area contributed by atoms with Crippen molar-refractivity contribution in [3.63, 3.8) is 0 Å². The van der Waals surface area contributed by atoms with Crippen LogP contribution in [0.3, 0.4) is 0 Å². The lowest BCUT2D eigenvalue weighted by atomic mass is 10.1. The number of ether oxygens (including phenoxy) is 2. The van der Waals surface area contributed by atoms with Crippen molar-refractivity contribution in [2.45, 2.75) is 26.7 Å². The van der Waals surface area contributed by atoms with Crippen LogP contribution in [0.1, 0.15) is 26.7 Å². The second-order valence-electron chi connectivity index (χ2n) is 4.32. The first-order chi connectivity index (χ1) is 9.36. The first kappa shape index (κ1) is 16.0. The third-order valence-corrected chi connectivity index (χ3v) is 2.85. The highest BCUT2D eigenvalue weighted by molar-refractivity contribution is 5.79. The Hall–Kier alpha value is -1.07. The predicted octanol–water partition coefficient (Wildman–Crippen LogP) is 1.31. The number of hydrogen-bond donors (Lipinski definition) is 2. The molecule has 1 rings (SSSR count). The van der Waals surface area contributed by atoms with Crippen molar-refractivity contribution in [3.8, 4) is 0 Å². The molecule has 1 heterocycles. The van der Waals surface area contributed by atoms with Crippen LogP contribution in [0, 0.1) is 0 Å². The number of nitrogens with zero attached hydrogens (tertiary/aromatic N) is 1. The SMILES string of the molecule is CCNC(=NCCOCC)NCCC1=CCOCC1. The van der Waals surface area contributed by atoms with Gasteiger partial charge in [-0.1, -0.05) is 11.6 Å². The van der Waals surface area contributed by atoms with Crippen LogP contribution in [0.4, 0.5) is 0 Å². The molecule has 0 saturated carbocycles. The molecule has 0 aromatic rings. The number of aliphatic imine (C=N–C) groups is 1. The minimum absolute atomic E-state index is 0.676. The number of guanidine groups is 1. The van der Waals surface area contributed by atoms with Crippen LogP contribution in [-0.2, 0) is 9.47 Å². The maximum Gasteiger partial charge on any atom is 0.191 e. The van der Waals surface area contributed by atoms with E-state index in [9.17, 15) is 0 Å². The Balaban J connectivity index is 2.22. The van der Waals surface area contributed by atoms with E-state index in [0.29, 0.717) is 13.2 Å². The monoisotopic (exact) mass is 269 g/mol. The lowest BCUT2D eigenvalue weighted by Gasteiger charge is -2.15. The molecule has 5 heteroatoms. The highest BCUT2D eigenvalue weighted by Gasteiger charge is 2.03. The standard InChI is InChI=1S/C14H27N3O2/c1-3-15-14(17-9-12-18-4-2)16-8-5-13-6-10-19-11-7-13/h6H,3-5,7-12H2,1-2H3,(H2,15,16,17). The predicted molar refractivity (Wildman–Crippen MR) is 78.6 cm³/mol. The van der Waals surface area contributed by atoms with E-state index in [-0.39, 0.29) is 0 Å². The van der Waals surface area contributed by atoms with Crippen molar-refractivity contribution in [1.29, 1.82) is 0 Å². The number of hydrogen-bond acceptors (Lipinski definition) is 3. The molecule has 1 aliphatic rings. The molecule has 0 atom stereocenters. The Morgan fingerprint density at radius 1 is 1.42 bits per heavy atom. The molecule has 2 N–H and O–H groups in total. The highest BCUT2D eigenvalue weighted by atomic mass is 16.5. The molecule has 0 bridgehead atoms. The van der Waals surface area contributed by atoms with Gasteiger partial charge < -0.3 is 20.1 Å². The second-order valence-corrected chi connectivity index (χ2v) is 4.32. The van der Waals surface area contributed by atoms with Gasteiger partial charge in [0.15, 0.2) is 5.96 Å². The lowest BCUT2D eigenvalue weighted by molar-refractivity contribution is 0.153. The summed E-state index contributed by atoms with van der Waals surface area (Å²) in [6.07, 6.45) is 4.29. The molecule has 0 unspecified atom stereocenters. The van der Waals surface area contributed by atoms with E-state index < -0.39 is 0 Å². The van der Waals surface area contributed by atoms with E-state index >= 15 is 0 Å². The summed E-state index contributed by atoms with van der Waals surface area (Å²) in [5.41, 5.74) is 1.48. The average molecular weight is 269 g/mol. The quantitative estimate of drug-likeness (QED) is 0.302. The van der Waals surface area contributed by atoms with Gasteiger partial charge in [0.25, 0.3) is 0 Å². The van der Waals surface area contributed by atoms with Crippen molar-refractivity contribution in [3.05, 3.63) is 11.6 Å². The molecule has 19 heavy (non-hydrogen) atoms. The zero-order valence-corrected chi connectivity index (χ0v) is 12.2. The van der Waals surface area contributed by atoms with E-state index in [1.54, 1.807) is 0 Å². The van der Waals surface area contributed by atoms with Crippen molar-refractivity contribution >= 4 is 5.96 Å². The molecule has 0 spiro atoms. The minimum atomic E-state index is 0.676. The molecule has 1 aliphatic heterocycles. The summed E-state index contributed by atoms with van der Waals surface area (Å²) >= 11 is 0. The number of nitrogens with one attached hydrogen (secondary N) is 2. The van der Waals surface area contributed by atoms with E-state index in [0.717, 1.165) is 51.7 Å². The third kappa shape index (κ3) is 7.85. The van der Waals surface area contributed by atoms with Crippen LogP contribution in [0.25, 0.3) is 0 Å². The number of rotatable bonds is 8. The lowest BCUT2D eigenvalue weighted by Crippen LogP contribution is -2.38. The molecule has 0 saturated heterocycles. The Bertz CT molecular complexity index is 290. The zero-order chi connectivity index (χ0) is 13.8. The van der Waals surface area contributed by atoms with Gasteiger partial charge in [-0.25, -0.2) is 0 Å². The van der Waals surface area contributed by atoms with Crippen LogP contribution in [0.5, 0.6) is 0 Å². The first-order valence-electron chi connectivity index (χ1n) is 7.22. The van der Waals surface area contributed by atoms with Crippen LogP contribution < -0.4 is 10.6 Å². The smallest absolute Gasteiger partial charge is 0.191 e. The van der Waals surface area contributed by atoms with E-state index in [1.807, 2.05) is 6.92 Å². The summed E-state index contributed by atoms with van der Waals surface area (Å²) in [6.45, 7) is 9.58. The van der Waals surface area contributed by atoms with Crippen LogP contribution in [0.2, 0.25) is 0 Å². The van der Waals surface area contributed by atoms with E-state index in [4.69, 9.17) is 9.47 Å². The Labute approximate surface area is 116 Å². The van der Waals surface area contributed by atoms with Gasteiger partial charge in [-0.15, -0.1) is 0 Å². The van der Waals surface area contributed by atoms with Crippen molar-refractivity contribution in [1.82, 2.24) is 10.6 Å². The van der Waals surface area contributed by atoms with Gasteiger partial charge in [-0.2, -0.15) is 0 Å². The zero-order valence-electron chi connectivity index (χ0n) is 12.2. The maximum absolute atomic E-state index is 5.30. The summed E-state index contributed by atoms with van der Waals surface area (Å²) < 4.78 is 10.6. The van der Waals surface area contributed by atoms with Crippen molar-refractivity contribution < 1.29 is 9.47 Å². The fourth-order valence-electron chi connectivity index (χ4n) is 1.84. The molecule has 5 nitrogen and oxygen atoms in total. The van der Waals surface area contributed by atoms with Crippen LogP contribution in [-0.4, -0.2) is 52.0 Å². The van der Waals surface area contributed by atoms with Gasteiger partial charge in [0, 0.05) is 19.7 Å². The average Bonchev–Trinajstić information content (AvgIpc) is 2.44. The summed E-state index contributed by atoms with van der Waals surface area (Å²) in [4.78, 5) is 4.46. The summed E-state index contributed by atoms with van der Waals surface area (Å²) in [5.74, 6) is 0.870. The summed E-state index contributed by atoms with van der Waals surface area (Å²) in [6, 6.07) is 0. The fraction of sp³-hybridized carbons (Fsp3) is 0.786. The molecule has 0 aliphatic carbocycles. The molecule has 0 aromatic carbocycles. The van der Waals surface area contributed by atoms with Gasteiger partial charge in [-0.3, -0.25) is 4.99 Å². The molecule has 0 aromatic heterocycles. The molecule has 0 amide bonds. The molecule has 110 valence electrons. The summed E-state index contributed by atoms with van der Waals surface area (Å²) in [7, 11) is 0. The second kappa shape index (κ2) is 10.8. The first-order valence-corrected chi connectivity index (χ1v) is 7.22. The Morgan fingerprint density at radius 2 is 2.32 bits per heavy atom. The maximum atomic E-state index is 5.30. The highest BCUT2D eigenvalue weighted by Crippen LogP contribution is 2.10. The van der Waals surface area contributed by atoms with Crippen molar-refractivity contribution in [2.24, 2.45) is 4.99 Å². The van der Waals surface area contributed by atoms with Crippen LogP contribution in [0.15, 0.2) is 16.6 Å². The van der Waals surface area contributed by atoms with Gasteiger partial charge in [0.05, 0.1) is 26.4 Å². The Kier molecular flexibility index (Phi) is 9.10. The minimum Gasteiger partial charge on any atom is -0.380 e. The van der Waals surface area contributed by atoms with Crippen molar-refractivity contribution in [2.75, 3.05) is 46.1 Å². The third-order valence-electron chi connectivity index (χ3n) is 2.85. The van der Waals surface area contributed by atoms with Gasteiger partial charge in [0.2, 0.25) is 0 Å². The fourth-order valence-corrected chi connectivity index (χ4v) is 1.84. The van der Waals surface area contributed by atoms with Gasteiger partial charge >= 0.3 is 0 Å². The summed E-state index contributed by atoms with van der Waals surface area (Å²) in [5, 5.41) is 6.58.